The minimum absolute atomic E-state index is 0.181. The van der Waals surface area contributed by atoms with Crippen molar-refractivity contribution in [2.75, 3.05) is 6.61 Å². The highest BCUT2D eigenvalue weighted by atomic mass is 16.5. The minimum Gasteiger partial charge on any atom is -0.462 e. The Balaban J connectivity index is 4.10. The molecule has 0 fully saturated rings. The molecule has 2 nitrogen and oxygen atoms in total. The third kappa shape index (κ3) is 9.71. The first kappa shape index (κ1) is 20.2. The highest BCUT2D eigenvalue weighted by Gasteiger charge is 2.16. The summed E-state index contributed by atoms with van der Waals surface area (Å²) in [5.74, 6) is 0.899. The quantitative estimate of drug-likeness (QED) is 0.312. The number of rotatable bonds is 13. The van der Waals surface area contributed by atoms with Gasteiger partial charge in [-0.3, -0.25) is 0 Å². The van der Waals surface area contributed by atoms with Crippen LogP contribution >= 0.6 is 0 Å². The van der Waals surface area contributed by atoms with Gasteiger partial charge >= 0.3 is 5.97 Å². The molecule has 0 bridgehead atoms. The van der Waals surface area contributed by atoms with E-state index in [4.69, 9.17) is 4.74 Å². The number of hydrogen-bond acceptors (Lipinski definition) is 2. The highest BCUT2D eigenvalue weighted by Crippen LogP contribution is 2.21. The molecular formula is C19H36O2. The third-order valence-electron chi connectivity index (χ3n) is 4.36. The van der Waals surface area contributed by atoms with Crippen LogP contribution in [0.2, 0.25) is 0 Å². The molecule has 0 N–H and O–H groups in total. The van der Waals surface area contributed by atoms with Crippen molar-refractivity contribution in [3.8, 4) is 0 Å². The molecule has 0 spiro atoms. The molecule has 0 rings (SSSR count). The number of carbonyl (C=O) groups is 1. The summed E-state index contributed by atoms with van der Waals surface area (Å²) in [5, 5.41) is 0. The van der Waals surface area contributed by atoms with Crippen molar-refractivity contribution in [1.29, 1.82) is 0 Å². The second kappa shape index (κ2) is 12.9. The maximum Gasteiger partial charge on any atom is 0.333 e. The molecule has 0 saturated heterocycles. The monoisotopic (exact) mass is 296 g/mol. The van der Waals surface area contributed by atoms with Gasteiger partial charge in [-0.1, -0.05) is 79.2 Å². The summed E-state index contributed by atoms with van der Waals surface area (Å²) in [7, 11) is 0. The zero-order chi connectivity index (χ0) is 16.1. The van der Waals surface area contributed by atoms with Crippen molar-refractivity contribution in [3.05, 3.63) is 12.2 Å². The molecule has 0 saturated carbocycles. The largest absolute Gasteiger partial charge is 0.462 e. The van der Waals surface area contributed by atoms with Crippen molar-refractivity contribution >= 4 is 5.97 Å². The first-order valence-electron chi connectivity index (χ1n) is 8.93. The topological polar surface area (TPSA) is 26.3 Å². The van der Waals surface area contributed by atoms with E-state index in [0.717, 1.165) is 25.7 Å². The highest BCUT2D eigenvalue weighted by molar-refractivity contribution is 5.87. The Morgan fingerprint density at radius 1 is 0.952 bits per heavy atom. The Morgan fingerprint density at radius 2 is 1.48 bits per heavy atom. The Kier molecular flexibility index (Phi) is 12.4. The van der Waals surface area contributed by atoms with Crippen molar-refractivity contribution in [2.24, 2.45) is 11.8 Å². The molecule has 0 aliphatic carbocycles. The van der Waals surface area contributed by atoms with E-state index < -0.39 is 0 Å². The molecule has 0 aromatic rings. The maximum atomic E-state index is 12.0. The van der Waals surface area contributed by atoms with Gasteiger partial charge in [-0.15, -0.1) is 0 Å². The summed E-state index contributed by atoms with van der Waals surface area (Å²) >= 11 is 0. The van der Waals surface area contributed by atoms with Gasteiger partial charge in [0.05, 0.1) is 6.61 Å². The minimum atomic E-state index is -0.181. The first-order valence-corrected chi connectivity index (χ1v) is 8.93. The fourth-order valence-electron chi connectivity index (χ4n) is 2.57. The summed E-state index contributed by atoms with van der Waals surface area (Å²) in [6.07, 6.45) is 10.2. The van der Waals surface area contributed by atoms with Crippen molar-refractivity contribution in [2.45, 2.75) is 85.5 Å². The van der Waals surface area contributed by atoms with Crippen LogP contribution in [0.1, 0.15) is 85.5 Å². The Labute approximate surface area is 132 Å². The lowest BCUT2D eigenvalue weighted by atomic mass is 9.92. The number of carbonyl (C=O) groups excluding carboxylic acids is 1. The summed E-state index contributed by atoms with van der Waals surface area (Å²) < 4.78 is 5.47. The van der Waals surface area contributed by atoms with Crippen LogP contribution in [0.25, 0.3) is 0 Å². The standard InChI is InChI=1S/C19H36O2/c1-6-10-12-17(8-3)14-16(5)19(20)21-15-18(9-4)13-11-7-2/h17-18H,5-15H2,1-4H3. The Bertz CT molecular complexity index is 283. The van der Waals surface area contributed by atoms with Gasteiger partial charge in [0.25, 0.3) is 0 Å². The molecule has 0 radical (unpaired) electrons. The van der Waals surface area contributed by atoms with Gasteiger partial charge in [0.1, 0.15) is 0 Å². The van der Waals surface area contributed by atoms with Crippen LogP contribution in [0.4, 0.5) is 0 Å². The van der Waals surface area contributed by atoms with E-state index in [9.17, 15) is 4.79 Å². The lowest BCUT2D eigenvalue weighted by molar-refractivity contribution is -0.140. The van der Waals surface area contributed by atoms with Gasteiger partial charge in [0.2, 0.25) is 0 Å². The van der Waals surface area contributed by atoms with E-state index in [1.165, 1.54) is 32.1 Å². The second-order valence-corrected chi connectivity index (χ2v) is 6.24. The predicted molar refractivity (Wildman–Crippen MR) is 91.3 cm³/mol. The van der Waals surface area contributed by atoms with Crippen LogP contribution in [-0.4, -0.2) is 12.6 Å². The number of ether oxygens (including phenoxy) is 1. The molecule has 2 unspecified atom stereocenters. The molecule has 2 atom stereocenters. The average Bonchev–Trinajstić information content (AvgIpc) is 2.50. The van der Waals surface area contributed by atoms with Gasteiger partial charge in [-0.25, -0.2) is 4.79 Å². The van der Waals surface area contributed by atoms with E-state index in [1.54, 1.807) is 0 Å². The number of unbranched alkanes of at least 4 members (excludes halogenated alkanes) is 2. The SMILES string of the molecule is C=C(CC(CC)CCCC)C(=O)OCC(CC)CCCC. The smallest absolute Gasteiger partial charge is 0.333 e. The molecule has 0 aromatic heterocycles. The number of hydrogen-bond donors (Lipinski definition) is 0. The van der Waals surface area contributed by atoms with E-state index >= 15 is 0 Å². The van der Waals surface area contributed by atoms with Crippen LogP contribution in [0, 0.1) is 11.8 Å². The van der Waals surface area contributed by atoms with Gasteiger partial charge in [-0.05, 0) is 24.7 Å². The van der Waals surface area contributed by atoms with Crippen LogP contribution in [0.5, 0.6) is 0 Å². The van der Waals surface area contributed by atoms with E-state index in [0.29, 0.717) is 24.0 Å². The average molecular weight is 296 g/mol. The fraction of sp³-hybridized carbons (Fsp3) is 0.842. The zero-order valence-electron chi connectivity index (χ0n) is 14.7. The summed E-state index contributed by atoms with van der Waals surface area (Å²) in [5.41, 5.74) is 0.656. The van der Waals surface area contributed by atoms with Crippen molar-refractivity contribution in [3.63, 3.8) is 0 Å². The normalized spacial score (nSPS) is 13.7. The van der Waals surface area contributed by atoms with Gasteiger partial charge in [0.15, 0.2) is 0 Å². The molecule has 124 valence electrons. The second-order valence-electron chi connectivity index (χ2n) is 6.24. The van der Waals surface area contributed by atoms with Gasteiger partial charge in [-0.2, -0.15) is 0 Å². The Hall–Kier alpha value is -0.790. The van der Waals surface area contributed by atoms with Crippen LogP contribution < -0.4 is 0 Å². The summed E-state index contributed by atoms with van der Waals surface area (Å²) in [6, 6.07) is 0. The fourth-order valence-corrected chi connectivity index (χ4v) is 2.57. The molecule has 0 amide bonds. The molecule has 0 aliphatic heterocycles. The van der Waals surface area contributed by atoms with Crippen LogP contribution in [0.3, 0.4) is 0 Å². The summed E-state index contributed by atoms with van der Waals surface area (Å²) in [4.78, 5) is 12.0. The third-order valence-corrected chi connectivity index (χ3v) is 4.36. The molecule has 21 heavy (non-hydrogen) atoms. The maximum absolute atomic E-state index is 12.0. The van der Waals surface area contributed by atoms with Gasteiger partial charge < -0.3 is 4.74 Å². The van der Waals surface area contributed by atoms with Crippen LogP contribution in [-0.2, 0) is 9.53 Å². The molecule has 0 aromatic carbocycles. The Morgan fingerprint density at radius 3 is 1.95 bits per heavy atom. The van der Waals surface area contributed by atoms with Crippen LogP contribution in [0.15, 0.2) is 12.2 Å². The number of esters is 1. The predicted octanol–water partition coefficient (Wildman–Crippen LogP) is 5.91. The van der Waals surface area contributed by atoms with E-state index in [1.807, 2.05) is 0 Å². The van der Waals surface area contributed by atoms with Crippen molar-refractivity contribution < 1.29 is 9.53 Å². The molecule has 0 aliphatic rings. The summed E-state index contributed by atoms with van der Waals surface area (Å²) in [6.45, 7) is 13.3. The van der Waals surface area contributed by atoms with Crippen molar-refractivity contribution in [1.82, 2.24) is 0 Å². The molecule has 2 heteroatoms. The van der Waals surface area contributed by atoms with E-state index in [-0.39, 0.29) is 5.97 Å². The molecule has 0 heterocycles. The zero-order valence-corrected chi connectivity index (χ0v) is 14.7. The molecular weight excluding hydrogens is 260 g/mol. The van der Waals surface area contributed by atoms with E-state index in [2.05, 4.69) is 34.3 Å². The van der Waals surface area contributed by atoms with Gasteiger partial charge in [0, 0.05) is 5.57 Å². The lowest BCUT2D eigenvalue weighted by Gasteiger charge is -2.18. The lowest BCUT2D eigenvalue weighted by Crippen LogP contribution is -2.16. The first-order chi connectivity index (χ1) is 10.1.